The Morgan fingerprint density at radius 3 is 2.34 bits per heavy atom. The average Bonchev–Trinajstić information content (AvgIpc) is 2.87. The lowest BCUT2D eigenvalue weighted by molar-refractivity contribution is 0.598. The molecule has 5 rings (SSSR count). The first-order chi connectivity index (χ1) is 16.9. The number of hydrogen-bond donors (Lipinski definition) is 2. The van der Waals surface area contributed by atoms with Crippen LogP contribution < -0.4 is 10.5 Å². The largest absolute Gasteiger partial charge is 0.364 e. The Hall–Kier alpha value is -3.78. The molecule has 0 fully saturated rings. The zero-order valence-corrected chi connectivity index (χ0v) is 20.1. The molecule has 3 aromatic carbocycles. The molecule has 0 aliphatic carbocycles. The Labute approximate surface area is 208 Å². The number of pyridine rings is 2. The summed E-state index contributed by atoms with van der Waals surface area (Å²) in [5.41, 5.74) is 4.10. The highest BCUT2D eigenvalue weighted by Crippen LogP contribution is 2.42. The first kappa shape index (κ1) is 23.0. The van der Waals surface area contributed by atoms with Gasteiger partial charge in [0.2, 0.25) is 10.0 Å². The number of nitrogens with two attached hydrogens (primary N) is 1. The maximum absolute atomic E-state index is 12.0. The number of anilines is 1. The number of aromatic nitrogens is 2. The second kappa shape index (κ2) is 9.46. The third-order valence-electron chi connectivity index (χ3n) is 5.69. The van der Waals surface area contributed by atoms with E-state index in [9.17, 15) is 8.42 Å². The third kappa shape index (κ3) is 4.74. The van der Waals surface area contributed by atoms with Crippen molar-refractivity contribution in [1.82, 2.24) is 9.97 Å². The molecule has 174 valence electrons. The summed E-state index contributed by atoms with van der Waals surface area (Å²) in [6.07, 6.45) is 1.74. The van der Waals surface area contributed by atoms with Gasteiger partial charge in [0, 0.05) is 17.1 Å². The number of rotatable bonds is 6. The Kier molecular flexibility index (Phi) is 6.21. The van der Waals surface area contributed by atoms with Crippen molar-refractivity contribution in [3.8, 4) is 22.3 Å². The molecule has 0 bridgehead atoms. The SMILES string of the molecule is NS(=O)(=O)c1cccc(-c2c(Cl)nc(NCc3ccccn3)c3c(-c4ccccc4)cccc23)c1. The highest BCUT2D eigenvalue weighted by molar-refractivity contribution is 7.89. The summed E-state index contributed by atoms with van der Waals surface area (Å²) in [4.78, 5) is 9.11. The summed E-state index contributed by atoms with van der Waals surface area (Å²) in [5.74, 6) is 0.612. The van der Waals surface area contributed by atoms with E-state index in [-0.39, 0.29) is 10.0 Å². The van der Waals surface area contributed by atoms with Crippen LogP contribution in [0.3, 0.4) is 0 Å². The molecule has 0 saturated heterocycles. The van der Waals surface area contributed by atoms with Gasteiger partial charge in [-0.15, -0.1) is 0 Å². The van der Waals surface area contributed by atoms with E-state index in [1.54, 1.807) is 18.3 Å². The number of nitrogens with zero attached hydrogens (tertiary/aromatic N) is 2. The summed E-state index contributed by atoms with van der Waals surface area (Å²) in [7, 11) is -3.88. The molecule has 0 aliphatic rings. The topological polar surface area (TPSA) is 98.0 Å². The summed E-state index contributed by atoms with van der Waals surface area (Å²) in [6.45, 7) is 0.461. The second-order valence-electron chi connectivity index (χ2n) is 7.97. The maximum atomic E-state index is 12.0. The first-order valence-electron chi connectivity index (χ1n) is 10.9. The van der Waals surface area contributed by atoms with E-state index in [0.29, 0.717) is 23.5 Å². The van der Waals surface area contributed by atoms with E-state index in [4.69, 9.17) is 21.7 Å². The third-order valence-corrected chi connectivity index (χ3v) is 6.87. The standard InChI is InChI=1S/C27H21ClN4O2S/c28-26-24(19-10-6-12-21(16-19)35(29,33)34)23-14-7-13-22(18-8-2-1-3-9-18)25(23)27(32-26)31-17-20-11-4-5-15-30-20/h1-16H,17H2,(H,31,32)(H2,29,33,34). The Morgan fingerprint density at radius 1 is 0.857 bits per heavy atom. The fourth-order valence-electron chi connectivity index (χ4n) is 4.10. The van der Waals surface area contributed by atoms with E-state index in [1.807, 2.05) is 66.7 Å². The van der Waals surface area contributed by atoms with Gasteiger partial charge in [-0.1, -0.05) is 78.3 Å². The molecule has 0 atom stereocenters. The summed E-state index contributed by atoms with van der Waals surface area (Å²) in [6, 6.07) is 28.1. The predicted molar refractivity (Wildman–Crippen MR) is 141 cm³/mol. The molecule has 0 amide bonds. The van der Waals surface area contributed by atoms with Gasteiger partial charge >= 0.3 is 0 Å². The van der Waals surface area contributed by atoms with Crippen LogP contribution in [0, 0.1) is 0 Å². The fraction of sp³-hybridized carbons (Fsp3) is 0.0370. The number of primary sulfonamides is 1. The molecular formula is C27H21ClN4O2S. The summed E-state index contributed by atoms with van der Waals surface area (Å²) in [5, 5.41) is 10.7. The van der Waals surface area contributed by atoms with Crippen molar-refractivity contribution < 1.29 is 8.42 Å². The highest BCUT2D eigenvalue weighted by atomic mass is 35.5. The number of benzene rings is 3. The van der Waals surface area contributed by atoms with Crippen LogP contribution >= 0.6 is 11.6 Å². The Bertz CT molecular complexity index is 1630. The van der Waals surface area contributed by atoms with E-state index in [2.05, 4.69) is 10.3 Å². The monoisotopic (exact) mass is 500 g/mol. The second-order valence-corrected chi connectivity index (χ2v) is 9.89. The van der Waals surface area contributed by atoms with Crippen LogP contribution in [-0.2, 0) is 16.6 Å². The van der Waals surface area contributed by atoms with Gasteiger partial charge in [0.05, 0.1) is 17.1 Å². The zero-order chi connectivity index (χ0) is 24.4. The molecular weight excluding hydrogens is 480 g/mol. The zero-order valence-electron chi connectivity index (χ0n) is 18.5. The van der Waals surface area contributed by atoms with Crippen LogP contribution in [0.15, 0.2) is 102 Å². The van der Waals surface area contributed by atoms with Gasteiger partial charge < -0.3 is 5.32 Å². The summed E-state index contributed by atoms with van der Waals surface area (Å²) >= 11 is 6.74. The van der Waals surface area contributed by atoms with Gasteiger partial charge in [0.1, 0.15) is 11.0 Å². The normalized spacial score (nSPS) is 11.5. The molecule has 6 nitrogen and oxygen atoms in total. The Morgan fingerprint density at radius 2 is 1.60 bits per heavy atom. The molecule has 0 radical (unpaired) electrons. The lowest BCUT2D eigenvalue weighted by Crippen LogP contribution is -2.12. The van der Waals surface area contributed by atoms with Crippen LogP contribution in [0.2, 0.25) is 5.15 Å². The molecule has 3 N–H and O–H groups in total. The minimum atomic E-state index is -3.88. The van der Waals surface area contributed by atoms with Crippen LogP contribution in [0.1, 0.15) is 5.69 Å². The highest BCUT2D eigenvalue weighted by Gasteiger charge is 2.19. The fourth-order valence-corrected chi connectivity index (χ4v) is 4.96. The lowest BCUT2D eigenvalue weighted by atomic mass is 9.94. The van der Waals surface area contributed by atoms with Gasteiger partial charge in [-0.2, -0.15) is 0 Å². The van der Waals surface area contributed by atoms with Crippen LogP contribution in [0.25, 0.3) is 33.0 Å². The minimum Gasteiger partial charge on any atom is -0.364 e. The number of halogens is 1. The molecule has 0 saturated carbocycles. The molecule has 0 unspecified atom stereocenters. The maximum Gasteiger partial charge on any atom is 0.238 e. The van der Waals surface area contributed by atoms with E-state index < -0.39 is 10.0 Å². The molecule has 2 aromatic heterocycles. The quantitative estimate of drug-likeness (QED) is 0.284. The number of nitrogens with one attached hydrogen (secondary N) is 1. The van der Waals surface area contributed by atoms with Crippen molar-refractivity contribution in [3.63, 3.8) is 0 Å². The van der Waals surface area contributed by atoms with Crippen LogP contribution in [0.5, 0.6) is 0 Å². The van der Waals surface area contributed by atoms with Crippen LogP contribution in [0.4, 0.5) is 5.82 Å². The van der Waals surface area contributed by atoms with E-state index >= 15 is 0 Å². The van der Waals surface area contributed by atoms with Crippen molar-refractivity contribution in [2.24, 2.45) is 5.14 Å². The molecule has 5 aromatic rings. The van der Waals surface area contributed by atoms with Crippen molar-refractivity contribution >= 4 is 38.2 Å². The predicted octanol–water partition coefficient (Wildman–Crippen LogP) is 5.88. The molecule has 2 heterocycles. The van der Waals surface area contributed by atoms with Crippen LogP contribution in [-0.4, -0.2) is 18.4 Å². The molecule has 8 heteroatoms. The molecule has 35 heavy (non-hydrogen) atoms. The average molecular weight is 501 g/mol. The van der Waals surface area contributed by atoms with Gasteiger partial charge in [0.25, 0.3) is 0 Å². The van der Waals surface area contributed by atoms with Gasteiger partial charge in [-0.25, -0.2) is 18.5 Å². The van der Waals surface area contributed by atoms with Crippen molar-refractivity contribution in [1.29, 1.82) is 0 Å². The lowest BCUT2D eigenvalue weighted by Gasteiger charge is -2.17. The van der Waals surface area contributed by atoms with Crippen molar-refractivity contribution in [3.05, 3.63) is 108 Å². The Balaban J connectivity index is 1.75. The van der Waals surface area contributed by atoms with Gasteiger partial charge in [0.15, 0.2) is 0 Å². The van der Waals surface area contributed by atoms with Gasteiger partial charge in [-0.05, 0) is 46.3 Å². The smallest absolute Gasteiger partial charge is 0.238 e. The van der Waals surface area contributed by atoms with Crippen molar-refractivity contribution in [2.75, 3.05) is 5.32 Å². The number of sulfonamides is 1. The van der Waals surface area contributed by atoms with E-state index in [0.717, 1.165) is 27.6 Å². The number of hydrogen-bond acceptors (Lipinski definition) is 5. The van der Waals surface area contributed by atoms with Crippen molar-refractivity contribution in [2.45, 2.75) is 11.4 Å². The molecule has 0 aliphatic heterocycles. The minimum absolute atomic E-state index is 0.00999. The summed E-state index contributed by atoms with van der Waals surface area (Å²) < 4.78 is 24.0. The van der Waals surface area contributed by atoms with Gasteiger partial charge in [-0.3, -0.25) is 4.98 Å². The number of fused-ring (bicyclic) bond motifs is 1. The molecule has 0 spiro atoms. The first-order valence-corrected chi connectivity index (χ1v) is 12.8. The van der Waals surface area contributed by atoms with E-state index in [1.165, 1.54) is 12.1 Å².